The van der Waals surface area contributed by atoms with Gasteiger partial charge in [-0.25, -0.2) is 8.42 Å². The van der Waals surface area contributed by atoms with Crippen molar-refractivity contribution >= 4 is 50.2 Å². The van der Waals surface area contributed by atoms with Gasteiger partial charge < -0.3 is 0 Å². The molecule has 3 nitrogen and oxygen atoms in total. The molecule has 0 aliphatic heterocycles. The smallest absolute Gasteiger partial charge is 0.187 e. The van der Waals surface area contributed by atoms with Crippen molar-refractivity contribution in [2.45, 2.75) is 5.25 Å². The largest absolute Gasteiger partial charge is 0.292 e. The van der Waals surface area contributed by atoms with Crippen LogP contribution in [0.15, 0.2) is 66.0 Å². The van der Waals surface area contributed by atoms with Crippen molar-refractivity contribution in [1.82, 2.24) is 0 Å². The molecule has 0 saturated carbocycles. The Morgan fingerprint density at radius 2 is 1.38 bits per heavy atom. The van der Waals surface area contributed by atoms with Crippen LogP contribution in [0.1, 0.15) is 26.0 Å². The molecule has 0 saturated heterocycles. The number of rotatable bonds is 6. The summed E-state index contributed by atoms with van der Waals surface area (Å²) in [5.74, 6) is -0.975. The fourth-order valence-corrected chi connectivity index (χ4v) is 5.50. The SMILES string of the molecule is O=C(CS(=O)(=O)C(c1ccc(Cl)cc1)c1ccc(Cl)cc1)c1cccs1. The summed E-state index contributed by atoms with van der Waals surface area (Å²) in [6.07, 6.45) is 0. The predicted octanol–water partition coefficient (Wildman–Crippen LogP) is 5.44. The predicted molar refractivity (Wildman–Crippen MR) is 107 cm³/mol. The van der Waals surface area contributed by atoms with Crippen molar-refractivity contribution in [1.29, 1.82) is 0 Å². The Balaban J connectivity index is 2.02. The number of sulfone groups is 1. The van der Waals surface area contributed by atoms with Crippen LogP contribution in [0.3, 0.4) is 0 Å². The first-order valence-corrected chi connectivity index (χ1v) is 11.0. The molecule has 0 bridgehead atoms. The van der Waals surface area contributed by atoms with Gasteiger partial charge in [0.05, 0.1) is 4.88 Å². The van der Waals surface area contributed by atoms with E-state index in [1.807, 2.05) is 0 Å². The van der Waals surface area contributed by atoms with Gasteiger partial charge in [-0.1, -0.05) is 53.5 Å². The zero-order chi connectivity index (χ0) is 18.7. The molecule has 1 heterocycles. The van der Waals surface area contributed by atoms with Crippen molar-refractivity contribution in [2.75, 3.05) is 5.75 Å². The minimum absolute atomic E-state index is 0.409. The summed E-state index contributed by atoms with van der Waals surface area (Å²) in [6, 6.07) is 16.5. The average Bonchev–Trinajstić information content (AvgIpc) is 3.13. The number of Topliss-reactive ketones (excluding diaryl/α,β-unsaturated/α-hetero) is 1. The zero-order valence-electron chi connectivity index (χ0n) is 13.4. The van der Waals surface area contributed by atoms with E-state index in [2.05, 4.69) is 0 Å². The second kappa shape index (κ2) is 7.92. The monoisotopic (exact) mass is 424 g/mol. The third-order valence-corrected chi connectivity index (χ3v) is 7.17. The maximum Gasteiger partial charge on any atom is 0.187 e. The van der Waals surface area contributed by atoms with Crippen LogP contribution in [0, 0.1) is 0 Å². The molecule has 0 aliphatic carbocycles. The summed E-state index contributed by atoms with van der Waals surface area (Å²) in [5, 5.41) is 1.79. The zero-order valence-corrected chi connectivity index (χ0v) is 16.6. The quantitative estimate of drug-likeness (QED) is 0.494. The highest BCUT2D eigenvalue weighted by Crippen LogP contribution is 2.33. The molecule has 0 atom stereocenters. The Labute approximate surface area is 166 Å². The van der Waals surface area contributed by atoms with E-state index < -0.39 is 26.6 Å². The van der Waals surface area contributed by atoms with Gasteiger partial charge in [-0.3, -0.25) is 4.79 Å². The van der Waals surface area contributed by atoms with Gasteiger partial charge >= 0.3 is 0 Å². The van der Waals surface area contributed by atoms with Crippen LogP contribution < -0.4 is 0 Å². The Morgan fingerprint density at radius 3 is 1.81 bits per heavy atom. The lowest BCUT2D eigenvalue weighted by molar-refractivity contribution is 0.102. The highest BCUT2D eigenvalue weighted by atomic mass is 35.5. The van der Waals surface area contributed by atoms with E-state index in [0.29, 0.717) is 26.0 Å². The molecule has 134 valence electrons. The third-order valence-electron chi connectivity index (χ3n) is 3.83. The summed E-state index contributed by atoms with van der Waals surface area (Å²) in [4.78, 5) is 12.8. The molecular weight excluding hydrogens is 411 g/mol. The summed E-state index contributed by atoms with van der Waals surface area (Å²) >= 11 is 13.1. The van der Waals surface area contributed by atoms with Crippen molar-refractivity contribution in [3.05, 3.63) is 92.1 Å². The lowest BCUT2D eigenvalue weighted by Crippen LogP contribution is -2.23. The Kier molecular flexibility index (Phi) is 5.82. The van der Waals surface area contributed by atoms with Crippen LogP contribution in [0.4, 0.5) is 0 Å². The van der Waals surface area contributed by atoms with E-state index in [9.17, 15) is 13.2 Å². The normalized spacial score (nSPS) is 11.7. The molecule has 7 heteroatoms. The minimum Gasteiger partial charge on any atom is -0.292 e. The molecule has 0 spiro atoms. The molecular formula is C19H14Cl2O3S2. The van der Waals surface area contributed by atoms with Gasteiger partial charge in [0.2, 0.25) is 0 Å². The highest BCUT2D eigenvalue weighted by molar-refractivity contribution is 7.92. The van der Waals surface area contributed by atoms with Crippen LogP contribution in [0.25, 0.3) is 0 Å². The molecule has 0 amide bonds. The number of thiophene rings is 1. The van der Waals surface area contributed by atoms with E-state index in [1.165, 1.54) is 11.3 Å². The van der Waals surface area contributed by atoms with Crippen molar-refractivity contribution < 1.29 is 13.2 Å². The van der Waals surface area contributed by atoms with Crippen LogP contribution in [-0.4, -0.2) is 20.0 Å². The fourth-order valence-electron chi connectivity index (χ4n) is 2.66. The standard InChI is InChI=1S/C19H14Cl2O3S2/c20-15-7-3-13(4-8-15)19(14-5-9-16(21)10-6-14)26(23,24)12-17(22)18-2-1-11-25-18/h1-11,19H,12H2. The maximum absolute atomic E-state index is 13.1. The summed E-state index contributed by atoms with van der Waals surface area (Å²) < 4.78 is 26.2. The van der Waals surface area contributed by atoms with Gasteiger partial charge in [-0.15, -0.1) is 11.3 Å². The molecule has 0 unspecified atom stereocenters. The van der Waals surface area contributed by atoms with Gasteiger partial charge in [0, 0.05) is 10.0 Å². The molecule has 0 N–H and O–H groups in total. The minimum atomic E-state index is -3.81. The first-order chi connectivity index (χ1) is 12.4. The lowest BCUT2D eigenvalue weighted by atomic mass is 10.0. The molecule has 0 radical (unpaired) electrons. The second-order valence-electron chi connectivity index (χ2n) is 5.69. The molecule has 0 fully saturated rings. The van der Waals surface area contributed by atoms with Crippen molar-refractivity contribution in [3.63, 3.8) is 0 Å². The van der Waals surface area contributed by atoms with Gasteiger partial charge in [0.15, 0.2) is 15.6 Å². The fraction of sp³-hybridized carbons (Fsp3) is 0.105. The summed E-state index contributed by atoms with van der Waals surface area (Å²) in [7, 11) is -3.81. The second-order valence-corrected chi connectivity index (χ2v) is 9.60. The molecule has 2 aromatic carbocycles. The Morgan fingerprint density at radius 1 is 0.885 bits per heavy atom. The first kappa shape index (κ1) is 19.1. The molecule has 0 aliphatic rings. The van der Waals surface area contributed by atoms with Crippen LogP contribution in [-0.2, 0) is 9.84 Å². The van der Waals surface area contributed by atoms with Crippen LogP contribution in [0.2, 0.25) is 10.0 Å². The van der Waals surface area contributed by atoms with E-state index in [0.717, 1.165) is 0 Å². The first-order valence-electron chi connectivity index (χ1n) is 7.66. The molecule has 1 aromatic heterocycles. The average molecular weight is 425 g/mol. The number of carbonyl (C=O) groups is 1. The van der Waals surface area contributed by atoms with Gasteiger partial charge in [0.25, 0.3) is 0 Å². The third kappa shape index (κ3) is 4.35. The Bertz CT molecular complexity index is 948. The number of ketones is 1. The topological polar surface area (TPSA) is 51.2 Å². The molecule has 26 heavy (non-hydrogen) atoms. The van der Waals surface area contributed by atoms with Crippen LogP contribution >= 0.6 is 34.5 Å². The van der Waals surface area contributed by atoms with E-state index in [4.69, 9.17) is 23.2 Å². The number of hydrogen-bond acceptors (Lipinski definition) is 4. The summed E-state index contributed by atoms with van der Waals surface area (Å²) in [6.45, 7) is 0. The van der Waals surface area contributed by atoms with Gasteiger partial charge in [-0.05, 0) is 46.8 Å². The lowest BCUT2D eigenvalue weighted by Gasteiger charge is -2.18. The number of carbonyl (C=O) groups excluding carboxylic acids is 1. The molecule has 3 aromatic rings. The van der Waals surface area contributed by atoms with E-state index >= 15 is 0 Å². The Hall–Kier alpha value is -1.66. The van der Waals surface area contributed by atoms with Crippen molar-refractivity contribution in [2.24, 2.45) is 0 Å². The van der Waals surface area contributed by atoms with E-state index in [-0.39, 0.29) is 0 Å². The summed E-state index contributed by atoms with van der Waals surface area (Å²) in [5.41, 5.74) is 1.10. The van der Waals surface area contributed by atoms with Crippen LogP contribution in [0.5, 0.6) is 0 Å². The number of benzene rings is 2. The van der Waals surface area contributed by atoms with E-state index in [1.54, 1.807) is 66.0 Å². The van der Waals surface area contributed by atoms with Gasteiger partial charge in [-0.2, -0.15) is 0 Å². The van der Waals surface area contributed by atoms with Crippen molar-refractivity contribution in [3.8, 4) is 0 Å². The number of halogens is 2. The number of hydrogen-bond donors (Lipinski definition) is 0. The highest BCUT2D eigenvalue weighted by Gasteiger charge is 2.31. The molecule has 3 rings (SSSR count). The maximum atomic E-state index is 13.1. The van der Waals surface area contributed by atoms with Gasteiger partial charge in [0.1, 0.15) is 11.0 Å².